The van der Waals surface area contributed by atoms with Crippen molar-refractivity contribution >= 4 is 34.4 Å². The van der Waals surface area contributed by atoms with Gasteiger partial charge in [-0.3, -0.25) is 9.59 Å². The number of aromatic hydroxyl groups is 1. The molecule has 0 aliphatic carbocycles. The van der Waals surface area contributed by atoms with Gasteiger partial charge in [-0.25, -0.2) is 4.79 Å². The van der Waals surface area contributed by atoms with Gasteiger partial charge in [0.05, 0.1) is 12.5 Å². The van der Waals surface area contributed by atoms with E-state index in [9.17, 15) is 19.5 Å². The van der Waals surface area contributed by atoms with Crippen molar-refractivity contribution in [1.29, 1.82) is 0 Å². The number of hydrogen-bond donors (Lipinski definition) is 2. The van der Waals surface area contributed by atoms with Crippen LogP contribution in [0.4, 0.5) is 0 Å². The van der Waals surface area contributed by atoms with E-state index in [-0.39, 0.29) is 30.3 Å². The number of ether oxygens (including phenoxy) is 1. The normalized spacial score (nSPS) is 11.8. The maximum absolute atomic E-state index is 12.4. The standard InChI is InChI=1S/C21H18ClNO6/c1-12(24)23-18(13-2-4-15(22)5-3-13)10-20(26)28-11-14-8-21(27)29-19-9-16(25)6-7-17(14)19/h2-9,18,25H,10-11H2,1H3,(H,23,24). The largest absolute Gasteiger partial charge is 0.508 e. The van der Waals surface area contributed by atoms with Crippen molar-refractivity contribution in [3.8, 4) is 5.75 Å². The minimum absolute atomic E-state index is 0.0455. The van der Waals surface area contributed by atoms with Crippen LogP contribution in [0.2, 0.25) is 5.02 Å². The first-order valence-corrected chi connectivity index (χ1v) is 9.13. The van der Waals surface area contributed by atoms with Gasteiger partial charge in [0.1, 0.15) is 17.9 Å². The van der Waals surface area contributed by atoms with E-state index >= 15 is 0 Å². The van der Waals surface area contributed by atoms with E-state index < -0.39 is 17.6 Å². The van der Waals surface area contributed by atoms with Crippen LogP contribution < -0.4 is 10.9 Å². The molecule has 8 heteroatoms. The first-order chi connectivity index (χ1) is 13.8. The molecule has 2 N–H and O–H groups in total. The number of halogens is 1. The predicted octanol–water partition coefficient (Wildman–Crippen LogP) is 3.46. The molecule has 3 aromatic rings. The third kappa shape index (κ3) is 5.36. The van der Waals surface area contributed by atoms with Crippen molar-refractivity contribution in [3.63, 3.8) is 0 Å². The molecule has 150 valence electrons. The molecule has 29 heavy (non-hydrogen) atoms. The quantitative estimate of drug-likeness (QED) is 0.471. The van der Waals surface area contributed by atoms with Crippen molar-refractivity contribution in [1.82, 2.24) is 5.32 Å². The third-order valence-electron chi connectivity index (χ3n) is 4.22. The van der Waals surface area contributed by atoms with E-state index in [1.807, 2.05) is 0 Å². The van der Waals surface area contributed by atoms with Crippen LogP contribution in [-0.4, -0.2) is 17.0 Å². The van der Waals surface area contributed by atoms with Gasteiger partial charge in [0.25, 0.3) is 0 Å². The molecule has 1 amide bonds. The second-order valence-electron chi connectivity index (χ2n) is 6.44. The highest BCUT2D eigenvalue weighted by atomic mass is 35.5. The van der Waals surface area contributed by atoms with Crippen molar-refractivity contribution in [2.45, 2.75) is 26.0 Å². The molecular formula is C21H18ClNO6. The molecule has 7 nitrogen and oxygen atoms in total. The Morgan fingerprint density at radius 1 is 1.17 bits per heavy atom. The summed E-state index contributed by atoms with van der Waals surface area (Å²) in [5.74, 6) is -0.890. The zero-order chi connectivity index (χ0) is 21.0. The van der Waals surface area contributed by atoms with Gasteiger partial charge in [-0.05, 0) is 29.8 Å². The number of rotatable bonds is 6. The summed E-state index contributed by atoms with van der Waals surface area (Å²) in [5, 5.41) is 13.3. The lowest BCUT2D eigenvalue weighted by Crippen LogP contribution is -2.28. The van der Waals surface area contributed by atoms with E-state index in [4.69, 9.17) is 20.8 Å². The molecule has 1 aromatic heterocycles. The zero-order valence-electron chi connectivity index (χ0n) is 15.5. The van der Waals surface area contributed by atoms with Gasteiger partial charge >= 0.3 is 11.6 Å². The van der Waals surface area contributed by atoms with Crippen molar-refractivity contribution in [3.05, 3.63) is 75.1 Å². The summed E-state index contributed by atoms with van der Waals surface area (Å²) >= 11 is 5.89. The zero-order valence-corrected chi connectivity index (χ0v) is 16.2. The lowest BCUT2D eigenvalue weighted by atomic mass is 10.0. The average molecular weight is 416 g/mol. The fraction of sp³-hybridized carbons (Fsp3) is 0.190. The van der Waals surface area contributed by atoms with E-state index in [0.29, 0.717) is 21.5 Å². The van der Waals surface area contributed by atoms with Crippen LogP contribution in [0, 0.1) is 0 Å². The van der Waals surface area contributed by atoms with Crippen LogP contribution in [0.15, 0.2) is 57.7 Å². The Labute approximate surface area is 170 Å². The molecule has 0 spiro atoms. The van der Waals surface area contributed by atoms with Gasteiger partial charge in [0.2, 0.25) is 5.91 Å². The summed E-state index contributed by atoms with van der Waals surface area (Å²) in [6, 6.07) is 11.8. The number of hydrogen-bond acceptors (Lipinski definition) is 6. The highest BCUT2D eigenvalue weighted by molar-refractivity contribution is 6.30. The van der Waals surface area contributed by atoms with Crippen LogP contribution in [0.25, 0.3) is 11.0 Å². The van der Waals surface area contributed by atoms with E-state index in [1.54, 1.807) is 30.3 Å². The molecule has 0 bridgehead atoms. The Balaban J connectivity index is 1.74. The van der Waals surface area contributed by atoms with Crippen LogP contribution in [0.1, 0.15) is 30.5 Å². The Kier molecular flexibility index (Phi) is 6.19. The van der Waals surface area contributed by atoms with E-state index in [2.05, 4.69) is 5.32 Å². The number of fused-ring (bicyclic) bond motifs is 1. The smallest absolute Gasteiger partial charge is 0.336 e. The number of esters is 1. The Morgan fingerprint density at radius 2 is 1.90 bits per heavy atom. The number of amides is 1. The monoisotopic (exact) mass is 415 g/mol. The fourth-order valence-corrected chi connectivity index (χ4v) is 3.04. The first kappa shape index (κ1) is 20.4. The van der Waals surface area contributed by atoms with Crippen LogP contribution in [-0.2, 0) is 20.9 Å². The van der Waals surface area contributed by atoms with Gasteiger partial charge in [-0.15, -0.1) is 0 Å². The van der Waals surface area contributed by atoms with Gasteiger partial charge in [-0.1, -0.05) is 23.7 Å². The van der Waals surface area contributed by atoms with Gasteiger partial charge < -0.3 is 19.6 Å². The van der Waals surface area contributed by atoms with Gasteiger partial charge in [0, 0.05) is 35.0 Å². The molecule has 0 aliphatic rings. The van der Waals surface area contributed by atoms with Crippen LogP contribution in [0.3, 0.4) is 0 Å². The number of phenolic OH excluding ortho intramolecular Hbond substituents is 1. The Bertz CT molecular complexity index is 1110. The minimum atomic E-state index is -0.619. The topological polar surface area (TPSA) is 106 Å². The summed E-state index contributed by atoms with van der Waals surface area (Å²) in [6.45, 7) is 1.21. The number of nitrogens with one attached hydrogen (secondary N) is 1. The maximum Gasteiger partial charge on any atom is 0.336 e. The molecule has 1 unspecified atom stereocenters. The second-order valence-corrected chi connectivity index (χ2v) is 6.88. The summed E-state index contributed by atoms with van der Waals surface area (Å²) in [6.07, 6.45) is -0.0959. The molecule has 0 fully saturated rings. The van der Waals surface area contributed by atoms with Crippen LogP contribution in [0.5, 0.6) is 5.75 Å². The molecule has 1 heterocycles. The van der Waals surface area contributed by atoms with Crippen molar-refractivity contribution < 1.29 is 23.8 Å². The maximum atomic E-state index is 12.4. The van der Waals surface area contributed by atoms with E-state index in [1.165, 1.54) is 25.1 Å². The molecular weight excluding hydrogens is 398 g/mol. The first-order valence-electron chi connectivity index (χ1n) is 8.76. The summed E-state index contributed by atoms with van der Waals surface area (Å²) < 4.78 is 10.4. The van der Waals surface area contributed by atoms with Gasteiger partial charge in [-0.2, -0.15) is 0 Å². The molecule has 1 atom stereocenters. The highest BCUT2D eigenvalue weighted by Gasteiger charge is 2.19. The number of carbonyl (C=O) groups is 2. The minimum Gasteiger partial charge on any atom is -0.508 e. The lowest BCUT2D eigenvalue weighted by molar-refractivity contribution is -0.145. The molecule has 0 aliphatic heterocycles. The van der Waals surface area contributed by atoms with E-state index in [0.717, 1.165) is 0 Å². The average Bonchev–Trinajstić information content (AvgIpc) is 2.65. The number of benzene rings is 2. The summed E-state index contributed by atoms with van der Waals surface area (Å²) in [4.78, 5) is 35.6. The molecule has 0 saturated carbocycles. The molecule has 3 rings (SSSR count). The molecule has 2 aromatic carbocycles. The van der Waals surface area contributed by atoms with Crippen LogP contribution >= 0.6 is 11.6 Å². The number of phenols is 1. The molecule has 0 radical (unpaired) electrons. The highest BCUT2D eigenvalue weighted by Crippen LogP contribution is 2.23. The summed E-state index contributed by atoms with van der Waals surface area (Å²) in [5.41, 5.74) is 0.738. The lowest BCUT2D eigenvalue weighted by Gasteiger charge is -2.18. The Morgan fingerprint density at radius 3 is 2.59 bits per heavy atom. The van der Waals surface area contributed by atoms with Crippen molar-refractivity contribution in [2.24, 2.45) is 0 Å². The van der Waals surface area contributed by atoms with Crippen molar-refractivity contribution in [2.75, 3.05) is 0 Å². The summed E-state index contributed by atoms with van der Waals surface area (Å²) in [7, 11) is 0. The van der Waals surface area contributed by atoms with Gasteiger partial charge in [0.15, 0.2) is 0 Å². The number of carbonyl (C=O) groups excluding carboxylic acids is 2. The third-order valence-corrected chi connectivity index (χ3v) is 4.48. The SMILES string of the molecule is CC(=O)NC(CC(=O)OCc1cc(=O)oc2cc(O)ccc12)c1ccc(Cl)cc1. The fourth-order valence-electron chi connectivity index (χ4n) is 2.91. The second kappa shape index (κ2) is 8.79. The Hall–Kier alpha value is -3.32. The molecule has 0 saturated heterocycles. The predicted molar refractivity (Wildman–Crippen MR) is 107 cm³/mol.